The standard InChI is InChI=1S/C50H61N5O8/c1-60-49(58)52-45(35-18-24-62-25-19-35)47(56)54-22-4-8-43(54)41-29-40(38-6-3-7-39(38)41)34-16-14-32(15-17-34)31-10-12-33(13-11-31)37-28-42(51-30-37)44-9-5-23-55(44)48(57)46(53-50(59)61-2)36-20-26-63-27-21-36/h10-17,30,35-36,43-46H,3-9,18-29H2,1-2H3,(H,52,58)(H,53,59)/t43?,44-,45?,46?/m0/s1. The van der Waals surface area contributed by atoms with Crippen LogP contribution in [0.2, 0.25) is 0 Å². The van der Waals surface area contributed by atoms with Gasteiger partial charge in [0, 0.05) is 57.8 Å². The van der Waals surface area contributed by atoms with Gasteiger partial charge in [-0.1, -0.05) is 48.5 Å². The molecule has 0 radical (unpaired) electrons. The fraction of sp³-hybridized carbons (Fsp3) is 0.540. The molecule has 3 unspecified atom stereocenters. The Kier molecular flexibility index (Phi) is 13.1. The molecule has 5 heterocycles. The van der Waals surface area contributed by atoms with E-state index in [2.05, 4.69) is 64.1 Å². The molecule has 0 spiro atoms. The Morgan fingerprint density at radius 3 is 1.65 bits per heavy atom. The van der Waals surface area contributed by atoms with Gasteiger partial charge in [-0.25, -0.2) is 9.59 Å². The summed E-state index contributed by atoms with van der Waals surface area (Å²) < 4.78 is 21.0. The van der Waals surface area contributed by atoms with Crippen LogP contribution in [0.25, 0.3) is 22.3 Å². The Morgan fingerprint density at radius 1 is 0.603 bits per heavy atom. The highest BCUT2D eigenvalue weighted by Crippen LogP contribution is 2.50. The molecule has 2 aromatic carbocycles. The first kappa shape index (κ1) is 43.0. The molecule has 2 aliphatic carbocycles. The predicted molar refractivity (Wildman–Crippen MR) is 240 cm³/mol. The Morgan fingerprint density at radius 2 is 1.10 bits per heavy atom. The molecule has 5 fully saturated rings. The summed E-state index contributed by atoms with van der Waals surface area (Å²) in [6.45, 7) is 3.68. The molecule has 13 heteroatoms. The Balaban J connectivity index is 0.838. The van der Waals surface area contributed by atoms with Crippen molar-refractivity contribution in [2.75, 3.05) is 53.7 Å². The van der Waals surface area contributed by atoms with Crippen molar-refractivity contribution in [2.45, 2.75) is 108 Å². The molecular formula is C50H61N5O8. The van der Waals surface area contributed by atoms with Crippen molar-refractivity contribution >= 4 is 40.9 Å². The molecule has 63 heavy (non-hydrogen) atoms. The highest BCUT2D eigenvalue weighted by molar-refractivity contribution is 6.04. The van der Waals surface area contributed by atoms with E-state index in [1.165, 1.54) is 42.1 Å². The van der Waals surface area contributed by atoms with Crippen LogP contribution in [0, 0.1) is 11.8 Å². The number of carbonyl (C=O) groups is 4. The summed E-state index contributed by atoms with van der Waals surface area (Å²) in [6, 6.07) is 16.3. The molecule has 5 aliphatic heterocycles. The second-order valence-corrected chi connectivity index (χ2v) is 18.1. The van der Waals surface area contributed by atoms with Gasteiger partial charge in [-0.2, -0.15) is 0 Å². The number of nitrogens with one attached hydrogen (secondary N) is 2. The van der Waals surface area contributed by atoms with Crippen LogP contribution in [0.3, 0.4) is 0 Å². The first-order valence-corrected chi connectivity index (χ1v) is 23.2. The minimum Gasteiger partial charge on any atom is -0.453 e. The van der Waals surface area contributed by atoms with Gasteiger partial charge in [-0.3, -0.25) is 14.6 Å². The van der Waals surface area contributed by atoms with E-state index < -0.39 is 24.3 Å². The maximum atomic E-state index is 14.3. The molecule has 1 saturated carbocycles. The highest BCUT2D eigenvalue weighted by atomic mass is 16.5. The zero-order valence-corrected chi connectivity index (χ0v) is 36.7. The molecule has 0 bridgehead atoms. The maximum absolute atomic E-state index is 14.3. The number of ether oxygens (including phenoxy) is 4. The second kappa shape index (κ2) is 19.2. The van der Waals surface area contributed by atoms with Crippen LogP contribution in [0.4, 0.5) is 9.59 Å². The third-order valence-electron chi connectivity index (χ3n) is 14.7. The van der Waals surface area contributed by atoms with Gasteiger partial charge in [-0.05, 0) is 139 Å². The van der Waals surface area contributed by atoms with E-state index in [1.54, 1.807) is 0 Å². The van der Waals surface area contributed by atoms with Gasteiger partial charge < -0.3 is 39.4 Å². The lowest BCUT2D eigenvalue weighted by atomic mass is 9.89. The fourth-order valence-corrected chi connectivity index (χ4v) is 11.4. The van der Waals surface area contributed by atoms with Gasteiger partial charge in [0.2, 0.25) is 11.8 Å². The van der Waals surface area contributed by atoms with Crippen LogP contribution in [0.1, 0.15) is 94.6 Å². The topological polar surface area (TPSA) is 148 Å². The number of carbonyl (C=O) groups excluding carboxylic acids is 4. The normalized spacial score (nSPS) is 24.0. The van der Waals surface area contributed by atoms with Crippen molar-refractivity contribution < 1.29 is 38.1 Å². The van der Waals surface area contributed by atoms with E-state index in [0.29, 0.717) is 58.8 Å². The molecule has 13 nitrogen and oxygen atoms in total. The summed E-state index contributed by atoms with van der Waals surface area (Å²) in [7, 11) is 2.67. The summed E-state index contributed by atoms with van der Waals surface area (Å²) in [5.74, 6) is -0.0444. The molecule has 0 aromatic heterocycles. The van der Waals surface area contributed by atoms with Gasteiger partial charge in [0.05, 0.1) is 26.3 Å². The number of fused-ring (bicyclic) bond motifs is 1. The first-order chi connectivity index (χ1) is 30.8. The minimum atomic E-state index is -0.650. The van der Waals surface area contributed by atoms with E-state index in [-0.39, 0.29) is 35.7 Å². The number of amides is 4. The van der Waals surface area contributed by atoms with E-state index in [1.807, 2.05) is 11.1 Å². The second-order valence-electron chi connectivity index (χ2n) is 18.1. The molecule has 9 rings (SSSR count). The average molecular weight is 860 g/mol. The van der Waals surface area contributed by atoms with Crippen molar-refractivity contribution in [1.82, 2.24) is 20.4 Å². The number of likely N-dealkylation sites (tertiary alicyclic amines) is 2. The van der Waals surface area contributed by atoms with Crippen LogP contribution in [-0.2, 0) is 28.5 Å². The van der Waals surface area contributed by atoms with E-state index >= 15 is 0 Å². The van der Waals surface area contributed by atoms with E-state index in [4.69, 9.17) is 23.9 Å². The van der Waals surface area contributed by atoms with Crippen molar-refractivity contribution in [3.05, 3.63) is 82.6 Å². The lowest BCUT2D eigenvalue weighted by molar-refractivity contribution is -0.136. The number of aliphatic imine (C=N–C) groups is 1. The number of benzene rings is 2. The Labute approximate surface area is 370 Å². The van der Waals surface area contributed by atoms with Gasteiger partial charge in [-0.15, -0.1) is 0 Å². The summed E-state index contributed by atoms with van der Waals surface area (Å²) >= 11 is 0. The fourth-order valence-electron chi connectivity index (χ4n) is 11.4. The number of nitrogens with zero attached hydrogens (tertiary/aromatic N) is 3. The first-order valence-electron chi connectivity index (χ1n) is 23.2. The molecule has 334 valence electrons. The Hall–Kier alpha value is -5.27. The zero-order chi connectivity index (χ0) is 43.5. The van der Waals surface area contributed by atoms with Gasteiger partial charge in [0.25, 0.3) is 0 Å². The minimum absolute atomic E-state index is 0.00142. The number of methoxy groups -OCH3 is 2. The number of rotatable bonds is 11. The molecule has 4 amide bonds. The number of allylic oxidation sites excluding steroid dienone is 4. The van der Waals surface area contributed by atoms with E-state index in [9.17, 15) is 19.2 Å². The van der Waals surface area contributed by atoms with Gasteiger partial charge in [0.15, 0.2) is 0 Å². The largest absolute Gasteiger partial charge is 0.453 e. The average Bonchev–Trinajstić information content (AvgIpc) is 4.20. The molecule has 7 aliphatic rings. The summed E-state index contributed by atoms with van der Waals surface area (Å²) in [6.07, 6.45) is 12.1. The van der Waals surface area contributed by atoms with Crippen molar-refractivity contribution in [1.29, 1.82) is 0 Å². The number of hydrogen-bond donors (Lipinski definition) is 2. The lowest BCUT2D eigenvalue weighted by Gasteiger charge is -2.35. The summed E-state index contributed by atoms with van der Waals surface area (Å²) in [5, 5.41) is 5.75. The highest BCUT2D eigenvalue weighted by Gasteiger charge is 2.43. The van der Waals surface area contributed by atoms with Crippen molar-refractivity contribution in [2.24, 2.45) is 16.8 Å². The summed E-state index contributed by atoms with van der Waals surface area (Å²) in [5.41, 5.74) is 12.5. The van der Waals surface area contributed by atoms with Crippen LogP contribution in [0.5, 0.6) is 0 Å². The molecular weight excluding hydrogens is 799 g/mol. The zero-order valence-electron chi connectivity index (χ0n) is 36.7. The Bertz CT molecular complexity index is 2180. The lowest BCUT2D eigenvalue weighted by Crippen LogP contribution is -2.55. The SMILES string of the molecule is COC(=O)NC(C(=O)N1CCCC1C1=C2CCCC2=C(c2ccc(-c3ccc(C4=CN=C([C@@H]5CCCN5C(=O)C(NC(=O)OC)C5CCOCC5)C4)cc3)cc2)C1)C1CCOCC1. The maximum Gasteiger partial charge on any atom is 0.407 e. The van der Waals surface area contributed by atoms with Gasteiger partial charge >= 0.3 is 12.2 Å². The van der Waals surface area contributed by atoms with E-state index in [0.717, 1.165) is 92.2 Å². The third kappa shape index (κ3) is 8.96. The molecule has 2 N–H and O–H groups in total. The van der Waals surface area contributed by atoms with Crippen LogP contribution >= 0.6 is 0 Å². The number of alkyl carbamates (subject to hydrolysis) is 2. The van der Waals surface area contributed by atoms with Crippen LogP contribution < -0.4 is 10.6 Å². The quantitative estimate of drug-likeness (QED) is 0.237. The molecule has 4 atom stereocenters. The monoisotopic (exact) mass is 859 g/mol. The summed E-state index contributed by atoms with van der Waals surface area (Å²) in [4.78, 5) is 62.0. The smallest absolute Gasteiger partial charge is 0.407 e. The number of hydrogen-bond acceptors (Lipinski definition) is 9. The van der Waals surface area contributed by atoms with Crippen LogP contribution in [0.15, 0.2) is 76.4 Å². The van der Waals surface area contributed by atoms with Gasteiger partial charge in [0.1, 0.15) is 12.1 Å². The molecule has 2 aromatic rings. The van der Waals surface area contributed by atoms with Crippen molar-refractivity contribution in [3.63, 3.8) is 0 Å². The third-order valence-corrected chi connectivity index (χ3v) is 14.7. The molecule has 4 saturated heterocycles. The van der Waals surface area contributed by atoms with Crippen LogP contribution in [-0.4, -0.2) is 117 Å². The predicted octanol–water partition coefficient (Wildman–Crippen LogP) is 7.46. The van der Waals surface area contributed by atoms with Crippen molar-refractivity contribution in [3.8, 4) is 11.1 Å².